The molecule has 0 aliphatic carbocycles. The standard InChI is InChI=1S/C16H20ClN5/c1-5-21(3)11-20-14-8-13(17)9-15(12(14)2)22(4)16-10-18-6-7-19-16/h6-11H,5H2,1-4H3. The Hall–Kier alpha value is -2.14. The maximum atomic E-state index is 6.25. The van der Waals surface area contributed by atoms with Crippen LogP contribution in [0, 0.1) is 6.92 Å². The highest BCUT2D eigenvalue weighted by Gasteiger charge is 2.12. The van der Waals surface area contributed by atoms with Crippen molar-refractivity contribution in [3.05, 3.63) is 41.3 Å². The van der Waals surface area contributed by atoms with Crippen LogP contribution in [0.2, 0.25) is 5.02 Å². The third-order valence-electron chi connectivity index (χ3n) is 3.46. The van der Waals surface area contributed by atoms with Gasteiger partial charge in [-0.1, -0.05) is 11.6 Å². The summed E-state index contributed by atoms with van der Waals surface area (Å²) in [7, 11) is 3.92. The van der Waals surface area contributed by atoms with Gasteiger partial charge in [0.25, 0.3) is 0 Å². The van der Waals surface area contributed by atoms with E-state index in [4.69, 9.17) is 11.6 Å². The lowest BCUT2D eigenvalue weighted by atomic mass is 10.1. The molecule has 0 fully saturated rings. The molecule has 0 radical (unpaired) electrons. The van der Waals surface area contributed by atoms with Gasteiger partial charge in [0.15, 0.2) is 5.82 Å². The summed E-state index contributed by atoms with van der Waals surface area (Å²) in [6.07, 6.45) is 6.85. The molecule has 0 unspecified atom stereocenters. The lowest BCUT2D eigenvalue weighted by Gasteiger charge is -2.21. The van der Waals surface area contributed by atoms with E-state index in [0.717, 1.165) is 29.3 Å². The molecule has 1 aromatic heterocycles. The van der Waals surface area contributed by atoms with Gasteiger partial charge in [0.1, 0.15) is 0 Å². The molecule has 6 heteroatoms. The molecule has 0 spiro atoms. The molecule has 0 amide bonds. The Bertz CT molecular complexity index is 657. The zero-order valence-corrected chi connectivity index (χ0v) is 14.0. The van der Waals surface area contributed by atoms with Crippen molar-refractivity contribution in [2.24, 2.45) is 4.99 Å². The van der Waals surface area contributed by atoms with Crippen LogP contribution in [0.15, 0.2) is 35.7 Å². The molecule has 0 saturated carbocycles. The fourth-order valence-corrected chi connectivity index (χ4v) is 2.17. The van der Waals surface area contributed by atoms with E-state index in [0.29, 0.717) is 5.02 Å². The third-order valence-corrected chi connectivity index (χ3v) is 3.68. The molecule has 22 heavy (non-hydrogen) atoms. The van der Waals surface area contributed by atoms with Gasteiger partial charge in [-0.3, -0.25) is 4.98 Å². The zero-order valence-electron chi connectivity index (χ0n) is 13.3. The smallest absolute Gasteiger partial charge is 0.151 e. The van der Waals surface area contributed by atoms with Crippen molar-refractivity contribution in [3.8, 4) is 0 Å². The predicted octanol–water partition coefficient (Wildman–Crippen LogP) is 3.82. The van der Waals surface area contributed by atoms with Crippen LogP contribution in [-0.2, 0) is 0 Å². The van der Waals surface area contributed by atoms with Crippen molar-refractivity contribution in [3.63, 3.8) is 0 Å². The van der Waals surface area contributed by atoms with Gasteiger partial charge in [0, 0.05) is 43.7 Å². The summed E-state index contributed by atoms with van der Waals surface area (Å²) in [5.74, 6) is 0.758. The Kier molecular flexibility index (Phi) is 5.33. The highest BCUT2D eigenvalue weighted by molar-refractivity contribution is 6.31. The van der Waals surface area contributed by atoms with Gasteiger partial charge in [-0.2, -0.15) is 0 Å². The minimum Gasteiger partial charge on any atom is -0.366 e. The van der Waals surface area contributed by atoms with Crippen molar-refractivity contribution in [1.82, 2.24) is 14.9 Å². The molecule has 0 atom stereocenters. The highest BCUT2D eigenvalue weighted by Crippen LogP contribution is 2.34. The Morgan fingerprint density at radius 3 is 2.68 bits per heavy atom. The topological polar surface area (TPSA) is 44.6 Å². The Morgan fingerprint density at radius 1 is 1.27 bits per heavy atom. The number of anilines is 2. The Morgan fingerprint density at radius 2 is 2.05 bits per heavy atom. The van der Waals surface area contributed by atoms with E-state index in [1.807, 2.05) is 49.3 Å². The second kappa shape index (κ2) is 7.22. The van der Waals surface area contributed by atoms with Crippen molar-refractivity contribution < 1.29 is 0 Å². The van der Waals surface area contributed by atoms with Gasteiger partial charge < -0.3 is 9.80 Å². The van der Waals surface area contributed by atoms with E-state index >= 15 is 0 Å². The molecule has 0 bridgehead atoms. The van der Waals surface area contributed by atoms with E-state index in [2.05, 4.69) is 21.9 Å². The SMILES string of the molecule is CCN(C)C=Nc1cc(Cl)cc(N(C)c2cnccn2)c1C. The number of aliphatic imine (C=N–C) groups is 1. The molecule has 1 heterocycles. The summed E-state index contributed by atoms with van der Waals surface area (Å²) in [5.41, 5.74) is 2.84. The van der Waals surface area contributed by atoms with Gasteiger partial charge in [-0.25, -0.2) is 9.98 Å². The van der Waals surface area contributed by atoms with Crippen LogP contribution in [0.25, 0.3) is 0 Å². The first-order valence-corrected chi connectivity index (χ1v) is 7.45. The quantitative estimate of drug-likeness (QED) is 0.621. The number of benzene rings is 1. The number of hydrogen-bond acceptors (Lipinski definition) is 4. The number of halogens is 1. The van der Waals surface area contributed by atoms with Crippen LogP contribution < -0.4 is 4.90 Å². The van der Waals surface area contributed by atoms with E-state index < -0.39 is 0 Å². The predicted molar refractivity (Wildman–Crippen MR) is 92.7 cm³/mol. The molecule has 2 aromatic rings. The monoisotopic (exact) mass is 317 g/mol. The van der Waals surface area contributed by atoms with Crippen LogP contribution in [0.3, 0.4) is 0 Å². The van der Waals surface area contributed by atoms with E-state index in [-0.39, 0.29) is 0 Å². The van der Waals surface area contributed by atoms with Crippen LogP contribution in [0.4, 0.5) is 17.2 Å². The van der Waals surface area contributed by atoms with Crippen molar-refractivity contribution in [1.29, 1.82) is 0 Å². The van der Waals surface area contributed by atoms with Gasteiger partial charge in [0.05, 0.1) is 18.2 Å². The minimum absolute atomic E-state index is 0.641. The van der Waals surface area contributed by atoms with Gasteiger partial charge in [0.2, 0.25) is 0 Å². The third kappa shape index (κ3) is 3.74. The first-order valence-electron chi connectivity index (χ1n) is 7.07. The average Bonchev–Trinajstić information content (AvgIpc) is 2.55. The molecule has 0 N–H and O–H groups in total. The van der Waals surface area contributed by atoms with Crippen molar-refractivity contribution >= 4 is 35.1 Å². The van der Waals surface area contributed by atoms with E-state index in [9.17, 15) is 0 Å². The lowest BCUT2D eigenvalue weighted by molar-refractivity contribution is 0.552. The van der Waals surface area contributed by atoms with Crippen molar-refractivity contribution in [2.75, 3.05) is 25.5 Å². The van der Waals surface area contributed by atoms with Gasteiger partial charge in [-0.15, -0.1) is 0 Å². The van der Waals surface area contributed by atoms with Gasteiger partial charge >= 0.3 is 0 Å². The van der Waals surface area contributed by atoms with Crippen LogP contribution in [-0.4, -0.2) is 41.8 Å². The summed E-state index contributed by atoms with van der Waals surface area (Å²) >= 11 is 6.25. The Balaban J connectivity index is 2.40. The molecule has 0 saturated heterocycles. The van der Waals surface area contributed by atoms with E-state index in [1.165, 1.54) is 0 Å². The second-order valence-electron chi connectivity index (χ2n) is 5.01. The fraction of sp³-hybridized carbons (Fsp3) is 0.312. The first kappa shape index (κ1) is 16.2. The number of nitrogens with zero attached hydrogens (tertiary/aromatic N) is 5. The minimum atomic E-state index is 0.641. The molecular weight excluding hydrogens is 298 g/mol. The highest BCUT2D eigenvalue weighted by atomic mass is 35.5. The molecular formula is C16H20ClN5. The summed E-state index contributed by atoms with van der Waals surface area (Å²) in [4.78, 5) is 16.9. The normalized spacial score (nSPS) is 11.0. The van der Waals surface area contributed by atoms with Crippen LogP contribution in [0.1, 0.15) is 12.5 Å². The molecule has 1 aromatic carbocycles. The number of aromatic nitrogens is 2. The zero-order chi connectivity index (χ0) is 16.1. The summed E-state index contributed by atoms with van der Waals surface area (Å²) in [6, 6.07) is 3.78. The average molecular weight is 318 g/mol. The Labute approximate surface area is 136 Å². The second-order valence-corrected chi connectivity index (χ2v) is 5.45. The summed E-state index contributed by atoms with van der Waals surface area (Å²) in [5, 5.41) is 0.641. The number of hydrogen-bond donors (Lipinski definition) is 0. The first-order chi connectivity index (χ1) is 10.5. The molecule has 0 aliphatic heterocycles. The summed E-state index contributed by atoms with van der Waals surface area (Å²) in [6.45, 7) is 5.00. The largest absolute Gasteiger partial charge is 0.366 e. The molecule has 116 valence electrons. The van der Waals surface area contributed by atoms with E-state index in [1.54, 1.807) is 18.6 Å². The van der Waals surface area contributed by atoms with Crippen molar-refractivity contribution in [2.45, 2.75) is 13.8 Å². The fourth-order valence-electron chi connectivity index (χ4n) is 1.96. The molecule has 2 rings (SSSR count). The van der Waals surface area contributed by atoms with Crippen LogP contribution in [0.5, 0.6) is 0 Å². The maximum Gasteiger partial charge on any atom is 0.151 e. The molecule has 5 nitrogen and oxygen atoms in total. The number of rotatable bonds is 5. The van der Waals surface area contributed by atoms with Gasteiger partial charge in [-0.05, 0) is 31.5 Å². The maximum absolute atomic E-state index is 6.25. The lowest BCUT2D eigenvalue weighted by Crippen LogP contribution is -2.14. The summed E-state index contributed by atoms with van der Waals surface area (Å²) < 4.78 is 0. The van der Waals surface area contributed by atoms with Crippen LogP contribution >= 0.6 is 11.6 Å². The molecule has 0 aliphatic rings.